The number of ether oxygens (including phenoxy) is 2. The maximum absolute atomic E-state index is 12.2. The predicted molar refractivity (Wildman–Crippen MR) is 82.3 cm³/mol. The molecule has 0 spiro atoms. The molecule has 4 nitrogen and oxygen atoms in total. The van der Waals surface area contributed by atoms with Crippen LogP contribution in [-0.4, -0.2) is 30.4 Å². The molecule has 1 aromatic rings. The fourth-order valence-corrected chi connectivity index (χ4v) is 2.72. The van der Waals surface area contributed by atoms with Gasteiger partial charge in [0.15, 0.2) is 11.5 Å². The Morgan fingerprint density at radius 1 is 1.25 bits per heavy atom. The lowest BCUT2D eigenvalue weighted by atomic mass is 9.91. The minimum Gasteiger partial charge on any atom is -0.598 e. The monoisotopic (exact) mass is 293 g/mol. The Balaban J connectivity index is 2.24. The molecule has 0 aromatic heterocycles. The average Bonchev–Trinajstić information content (AvgIpc) is 2.38. The lowest BCUT2D eigenvalue weighted by molar-refractivity contribution is 0.170. The molecule has 1 aliphatic rings. The van der Waals surface area contributed by atoms with E-state index in [2.05, 4.69) is 4.72 Å². The summed E-state index contributed by atoms with van der Waals surface area (Å²) in [6.07, 6.45) is 0. The first-order valence-corrected chi connectivity index (χ1v) is 7.81. The van der Waals surface area contributed by atoms with Crippen LogP contribution in [0.1, 0.15) is 39.3 Å². The first-order chi connectivity index (χ1) is 9.30. The molecule has 0 saturated carbocycles. The van der Waals surface area contributed by atoms with Gasteiger partial charge >= 0.3 is 0 Å². The van der Waals surface area contributed by atoms with Crippen molar-refractivity contribution in [1.82, 2.24) is 4.72 Å². The minimum absolute atomic E-state index is 0.119. The van der Waals surface area contributed by atoms with Crippen molar-refractivity contribution in [3.8, 4) is 11.5 Å². The van der Waals surface area contributed by atoms with Crippen molar-refractivity contribution >= 4 is 24.7 Å². The second-order valence-electron chi connectivity index (χ2n) is 5.82. The van der Waals surface area contributed by atoms with Gasteiger partial charge in [-0.25, -0.2) is 0 Å². The fraction of sp³-hybridized carbons (Fsp3) is 0.571. The van der Waals surface area contributed by atoms with E-state index in [1.54, 1.807) is 6.07 Å². The summed E-state index contributed by atoms with van der Waals surface area (Å²) in [6.45, 7) is 8.74. The Hall–Kier alpha value is -0.845. The van der Waals surface area contributed by atoms with Crippen molar-refractivity contribution in [2.45, 2.75) is 38.5 Å². The first kappa shape index (κ1) is 15.5. The van der Waals surface area contributed by atoms with Crippen LogP contribution < -0.4 is 19.7 Å². The lowest BCUT2D eigenvalue weighted by Crippen LogP contribution is -2.40. The zero-order valence-corrected chi connectivity index (χ0v) is 13.2. The Kier molecular flexibility index (Phi) is 4.57. The van der Waals surface area contributed by atoms with E-state index in [-0.39, 0.29) is 10.8 Å². The van der Waals surface area contributed by atoms with Gasteiger partial charge in [0.25, 0.3) is 0 Å². The maximum atomic E-state index is 12.2. The largest absolute Gasteiger partial charge is 0.598 e. The van der Waals surface area contributed by atoms with Gasteiger partial charge in [-0.3, -0.25) is 0 Å². The highest BCUT2D eigenvalue weighted by Gasteiger charge is 2.30. The molecule has 20 heavy (non-hydrogen) atoms. The van der Waals surface area contributed by atoms with E-state index >= 15 is 0 Å². The SMILES string of the molecule is [B]c1ccc([C@@H](C)N[S+]([O-])C(C)(C)C)c2c1OCCO2. The quantitative estimate of drug-likeness (QED) is 0.675. The van der Waals surface area contributed by atoms with Crippen LogP contribution in [0.5, 0.6) is 11.5 Å². The normalized spacial score (nSPS) is 17.6. The van der Waals surface area contributed by atoms with Gasteiger partial charge in [-0.2, -0.15) is 0 Å². The predicted octanol–water partition coefficient (Wildman–Crippen LogP) is 1.36. The van der Waals surface area contributed by atoms with E-state index in [0.29, 0.717) is 30.2 Å². The van der Waals surface area contributed by atoms with Gasteiger partial charge in [0.2, 0.25) is 0 Å². The Morgan fingerprint density at radius 2 is 1.85 bits per heavy atom. The molecule has 108 valence electrons. The van der Waals surface area contributed by atoms with Gasteiger partial charge in [0.1, 0.15) is 25.8 Å². The summed E-state index contributed by atoms with van der Waals surface area (Å²) < 4.78 is 26.2. The number of hydrogen-bond acceptors (Lipinski definition) is 4. The highest BCUT2D eigenvalue weighted by Crippen LogP contribution is 2.36. The highest BCUT2D eigenvalue weighted by atomic mass is 32.2. The summed E-state index contributed by atoms with van der Waals surface area (Å²) in [5.41, 5.74) is 1.47. The molecule has 0 amide bonds. The number of rotatable bonds is 3. The third kappa shape index (κ3) is 3.24. The summed E-state index contributed by atoms with van der Waals surface area (Å²) in [4.78, 5) is 0. The highest BCUT2D eigenvalue weighted by molar-refractivity contribution is 7.90. The average molecular weight is 293 g/mol. The molecular formula is C14H20BNO3S. The van der Waals surface area contributed by atoms with Crippen molar-refractivity contribution < 1.29 is 14.0 Å². The van der Waals surface area contributed by atoms with Crippen molar-refractivity contribution in [2.24, 2.45) is 0 Å². The summed E-state index contributed by atoms with van der Waals surface area (Å²) in [7, 11) is 5.90. The van der Waals surface area contributed by atoms with Crippen molar-refractivity contribution in [3.05, 3.63) is 17.7 Å². The molecule has 0 saturated heterocycles. The lowest BCUT2D eigenvalue weighted by Gasteiger charge is -2.29. The number of fused-ring (bicyclic) bond motifs is 1. The van der Waals surface area contributed by atoms with Gasteiger partial charge in [-0.15, -0.1) is 4.72 Å². The third-order valence-corrected chi connectivity index (χ3v) is 4.74. The summed E-state index contributed by atoms with van der Waals surface area (Å²) in [5, 5.41) is 0. The summed E-state index contributed by atoms with van der Waals surface area (Å²) in [5.74, 6) is 1.24. The molecule has 1 N–H and O–H groups in total. The van der Waals surface area contributed by atoms with Gasteiger partial charge in [0.05, 0.1) is 6.04 Å². The first-order valence-electron chi connectivity index (χ1n) is 6.66. The molecular weight excluding hydrogens is 273 g/mol. The topological polar surface area (TPSA) is 53.5 Å². The summed E-state index contributed by atoms with van der Waals surface area (Å²) in [6, 6.07) is 3.56. The van der Waals surface area contributed by atoms with Crippen LogP contribution in [0.15, 0.2) is 12.1 Å². The van der Waals surface area contributed by atoms with Gasteiger partial charge in [0, 0.05) is 16.9 Å². The summed E-state index contributed by atoms with van der Waals surface area (Å²) >= 11 is -1.15. The van der Waals surface area contributed by atoms with Crippen LogP contribution in [0.2, 0.25) is 0 Å². The Morgan fingerprint density at radius 3 is 2.45 bits per heavy atom. The molecule has 2 rings (SSSR count). The van der Waals surface area contributed by atoms with Crippen LogP contribution >= 0.6 is 0 Å². The molecule has 1 aromatic carbocycles. The number of benzene rings is 1. The van der Waals surface area contributed by atoms with Crippen LogP contribution in [-0.2, 0) is 11.4 Å². The fourth-order valence-electron chi connectivity index (χ4n) is 1.92. The molecule has 0 aliphatic carbocycles. The molecule has 2 atom stereocenters. The number of hydrogen-bond donors (Lipinski definition) is 1. The minimum atomic E-state index is -1.15. The molecule has 1 aliphatic heterocycles. The van der Waals surface area contributed by atoms with Crippen LogP contribution in [0.4, 0.5) is 0 Å². The number of nitrogens with one attached hydrogen (secondary N) is 1. The molecule has 0 bridgehead atoms. The third-order valence-electron chi connectivity index (χ3n) is 3.06. The molecule has 1 heterocycles. The van der Waals surface area contributed by atoms with E-state index < -0.39 is 11.4 Å². The second kappa shape index (κ2) is 5.88. The Bertz CT molecular complexity index is 490. The van der Waals surface area contributed by atoms with Crippen molar-refractivity contribution in [2.75, 3.05) is 13.2 Å². The molecule has 2 radical (unpaired) electrons. The van der Waals surface area contributed by atoms with Gasteiger partial charge in [-0.05, 0) is 27.7 Å². The standard InChI is InChI=1S/C14H20BNO3S/c1-9(16-20(17)14(2,3)4)10-5-6-11(15)13-12(10)18-7-8-19-13/h5-6,9,16H,7-8H2,1-4H3/t9-,20?/m1/s1. The van der Waals surface area contributed by atoms with E-state index in [0.717, 1.165) is 5.56 Å². The van der Waals surface area contributed by atoms with E-state index in [4.69, 9.17) is 17.3 Å². The molecule has 6 heteroatoms. The molecule has 1 unspecified atom stereocenters. The Labute approximate surface area is 125 Å². The van der Waals surface area contributed by atoms with E-state index in [1.807, 2.05) is 33.8 Å². The van der Waals surface area contributed by atoms with E-state index in [9.17, 15) is 4.55 Å². The van der Waals surface area contributed by atoms with E-state index in [1.165, 1.54) is 0 Å². The van der Waals surface area contributed by atoms with Gasteiger partial charge < -0.3 is 14.0 Å². The zero-order chi connectivity index (χ0) is 14.9. The van der Waals surface area contributed by atoms with Crippen molar-refractivity contribution in [1.29, 1.82) is 0 Å². The van der Waals surface area contributed by atoms with Crippen LogP contribution in [0.3, 0.4) is 0 Å². The molecule has 0 fully saturated rings. The van der Waals surface area contributed by atoms with Crippen LogP contribution in [0.25, 0.3) is 0 Å². The smallest absolute Gasteiger partial charge is 0.165 e. The van der Waals surface area contributed by atoms with Crippen LogP contribution in [0, 0.1) is 0 Å². The van der Waals surface area contributed by atoms with Crippen molar-refractivity contribution in [3.63, 3.8) is 0 Å². The zero-order valence-electron chi connectivity index (χ0n) is 12.4. The van der Waals surface area contributed by atoms with Gasteiger partial charge in [-0.1, -0.05) is 17.6 Å². The second-order valence-corrected chi connectivity index (χ2v) is 7.82. The maximum Gasteiger partial charge on any atom is 0.165 e.